The molecule has 0 spiro atoms. The fourth-order valence-electron chi connectivity index (χ4n) is 2.82. The Kier molecular flexibility index (Phi) is 3.98. The summed E-state index contributed by atoms with van der Waals surface area (Å²) in [7, 11) is 0. The molecular formula is C19H13N3O3S. The lowest BCUT2D eigenvalue weighted by molar-refractivity contribution is 0.103. The molecule has 0 saturated heterocycles. The van der Waals surface area contributed by atoms with Crippen LogP contribution in [0, 0.1) is 0 Å². The first-order valence-corrected chi connectivity index (χ1v) is 8.64. The molecule has 0 aliphatic rings. The van der Waals surface area contributed by atoms with Crippen molar-refractivity contribution in [1.29, 1.82) is 0 Å². The van der Waals surface area contributed by atoms with Gasteiger partial charge in [0.05, 0.1) is 11.3 Å². The molecule has 7 heteroatoms. The van der Waals surface area contributed by atoms with E-state index >= 15 is 0 Å². The third-order valence-electron chi connectivity index (χ3n) is 3.97. The van der Waals surface area contributed by atoms with Crippen molar-refractivity contribution >= 4 is 17.1 Å². The lowest BCUT2D eigenvalue weighted by atomic mass is 9.99. The summed E-state index contributed by atoms with van der Waals surface area (Å²) in [5, 5.41) is 29.2. The monoisotopic (exact) mass is 363 g/mol. The van der Waals surface area contributed by atoms with Gasteiger partial charge in [-0.1, -0.05) is 72.0 Å². The first-order valence-electron chi connectivity index (χ1n) is 7.77. The maximum atomic E-state index is 13.1. The molecule has 0 aliphatic heterocycles. The van der Waals surface area contributed by atoms with Crippen molar-refractivity contribution in [3.63, 3.8) is 0 Å². The highest BCUT2D eigenvalue weighted by atomic mass is 32.1. The predicted octanol–water partition coefficient (Wildman–Crippen LogP) is 3.64. The molecule has 2 aromatic carbocycles. The molecule has 2 aromatic heterocycles. The van der Waals surface area contributed by atoms with E-state index in [-0.39, 0.29) is 11.3 Å². The highest BCUT2D eigenvalue weighted by molar-refractivity contribution is 7.11. The number of nitrogens with zero attached hydrogens (tertiary/aromatic N) is 3. The number of ketones is 1. The number of benzene rings is 2. The Morgan fingerprint density at radius 2 is 1.62 bits per heavy atom. The molecule has 0 amide bonds. The smallest absolute Gasteiger partial charge is 0.242 e. The van der Waals surface area contributed by atoms with Crippen LogP contribution in [-0.4, -0.2) is 30.8 Å². The van der Waals surface area contributed by atoms with E-state index in [4.69, 9.17) is 0 Å². The van der Waals surface area contributed by atoms with Crippen LogP contribution in [0.2, 0.25) is 0 Å². The Bertz CT molecular complexity index is 1060. The first-order chi connectivity index (χ1) is 12.7. The molecular weight excluding hydrogens is 350 g/mol. The highest BCUT2D eigenvalue weighted by Crippen LogP contribution is 2.44. The van der Waals surface area contributed by atoms with Crippen molar-refractivity contribution in [3.05, 3.63) is 77.3 Å². The normalized spacial score (nSPS) is 10.8. The predicted molar refractivity (Wildman–Crippen MR) is 97.9 cm³/mol. The minimum atomic E-state index is -0.479. The third-order valence-corrected chi connectivity index (χ3v) is 4.65. The first kappa shape index (κ1) is 16.0. The van der Waals surface area contributed by atoms with Crippen molar-refractivity contribution in [2.75, 3.05) is 0 Å². The minimum Gasteiger partial charge on any atom is -0.503 e. The second-order valence-electron chi connectivity index (χ2n) is 5.51. The summed E-state index contributed by atoms with van der Waals surface area (Å²) >= 11 is 1.19. The van der Waals surface area contributed by atoms with Gasteiger partial charge in [0.15, 0.2) is 11.5 Å². The van der Waals surface area contributed by atoms with Crippen molar-refractivity contribution in [2.45, 2.75) is 0 Å². The molecule has 2 N–H and O–H groups in total. The zero-order valence-corrected chi connectivity index (χ0v) is 14.2. The largest absolute Gasteiger partial charge is 0.503 e. The van der Waals surface area contributed by atoms with Gasteiger partial charge in [-0.2, -0.15) is 0 Å². The average molecular weight is 363 g/mol. The zero-order valence-electron chi connectivity index (χ0n) is 13.4. The molecule has 4 rings (SSSR count). The number of hydrogen-bond donors (Lipinski definition) is 2. The van der Waals surface area contributed by atoms with Crippen LogP contribution in [0.4, 0.5) is 0 Å². The van der Waals surface area contributed by atoms with Crippen LogP contribution >= 0.6 is 11.3 Å². The van der Waals surface area contributed by atoms with Crippen LogP contribution in [0.15, 0.2) is 66.2 Å². The summed E-state index contributed by atoms with van der Waals surface area (Å²) in [6, 6.07) is 17.7. The van der Waals surface area contributed by atoms with Gasteiger partial charge < -0.3 is 10.2 Å². The molecule has 2 heterocycles. The Balaban J connectivity index is 2.03. The molecule has 0 saturated carbocycles. The summed E-state index contributed by atoms with van der Waals surface area (Å²) in [5.74, 6) is -1.31. The highest BCUT2D eigenvalue weighted by Gasteiger charge is 2.30. The summed E-state index contributed by atoms with van der Waals surface area (Å²) in [6.45, 7) is 0. The van der Waals surface area contributed by atoms with Crippen LogP contribution in [0.5, 0.6) is 11.6 Å². The van der Waals surface area contributed by atoms with Crippen LogP contribution < -0.4 is 0 Å². The van der Waals surface area contributed by atoms with E-state index in [1.165, 1.54) is 21.4 Å². The lowest BCUT2D eigenvalue weighted by Crippen LogP contribution is -2.04. The number of carbonyl (C=O) groups excluding carboxylic acids is 1. The quantitative estimate of drug-likeness (QED) is 0.541. The van der Waals surface area contributed by atoms with Gasteiger partial charge in [0.2, 0.25) is 11.0 Å². The van der Waals surface area contributed by atoms with Gasteiger partial charge in [0.25, 0.3) is 0 Å². The van der Waals surface area contributed by atoms with Crippen molar-refractivity contribution < 1.29 is 15.0 Å². The van der Waals surface area contributed by atoms with Gasteiger partial charge in [0.1, 0.15) is 5.51 Å². The SMILES string of the molecule is O=C(c1ccccc1)c1c(O)c(O)n(-c2nncs2)c1-c1ccccc1. The van der Waals surface area contributed by atoms with Crippen molar-refractivity contribution in [1.82, 2.24) is 14.8 Å². The van der Waals surface area contributed by atoms with E-state index in [1.54, 1.807) is 42.5 Å². The number of hydrogen-bond acceptors (Lipinski definition) is 6. The van der Waals surface area contributed by atoms with Crippen molar-refractivity contribution in [3.8, 4) is 28.0 Å². The van der Waals surface area contributed by atoms with Gasteiger partial charge in [-0.15, -0.1) is 10.2 Å². The molecule has 6 nitrogen and oxygen atoms in total. The van der Waals surface area contributed by atoms with E-state index in [0.717, 1.165) is 0 Å². The fraction of sp³-hybridized carbons (Fsp3) is 0. The summed E-state index contributed by atoms with van der Waals surface area (Å²) in [6.07, 6.45) is 0. The van der Waals surface area contributed by atoms with Gasteiger partial charge in [-0.05, 0) is 5.56 Å². The van der Waals surface area contributed by atoms with E-state index in [9.17, 15) is 15.0 Å². The van der Waals surface area contributed by atoms with E-state index in [2.05, 4.69) is 10.2 Å². The second-order valence-corrected chi connectivity index (χ2v) is 6.33. The third kappa shape index (κ3) is 2.55. The van der Waals surface area contributed by atoms with Gasteiger partial charge in [-0.3, -0.25) is 9.36 Å². The van der Waals surface area contributed by atoms with Gasteiger partial charge in [0, 0.05) is 5.56 Å². The Labute approximate surface area is 152 Å². The standard InChI is InChI=1S/C19H13N3O3S/c23-16(13-9-5-2-6-10-13)14-15(12-7-3-1-4-8-12)22(18(25)17(14)24)19-21-20-11-26-19/h1-11,24-25H. The number of aromatic nitrogens is 3. The van der Waals surface area contributed by atoms with Crippen LogP contribution in [-0.2, 0) is 0 Å². The number of carbonyl (C=O) groups is 1. The maximum absolute atomic E-state index is 13.1. The molecule has 128 valence electrons. The summed E-state index contributed by atoms with van der Waals surface area (Å²) in [5.41, 5.74) is 2.98. The Morgan fingerprint density at radius 1 is 0.962 bits per heavy atom. The molecule has 0 bridgehead atoms. The minimum absolute atomic E-state index is 0.0232. The summed E-state index contributed by atoms with van der Waals surface area (Å²) < 4.78 is 1.35. The van der Waals surface area contributed by atoms with E-state index in [0.29, 0.717) is 22.0 Å². The Morgan fingerprint density at radius 3 is 2.23 bits per heavy atom. The maximum Gasteiger partial charge on any atom is 0.242 e. The zero-order chi connectivity index (χ0) is 18.1. The molecule has 0 aliphatic carbocycles. The lowest BCUT2D eigenvalue weighted by Gasteiger charge is -2.09. The van der Waals surface area contributed by atoms with Crippen LogP contribution in [0.1, 0.15) is 15.9 Å². The summed E-state index contributed by atoms with van der Waals surface area (Å²) in [4.78, 5) is 13.1. The average Bonchev–Trinajstić information content (AvgIpc) is 3.30. The van der Waals surface area contributed by atoms with E-state index in [1.807, 2.05) is 18.2 Å². The topological polar surface area (TPSA) is 88.2 Å². The fourth-order valence-corrected chi connectivity index (χ4v) is 3.38. The number of rotatable bonds is 4. The Hall–Kier alpha value is -3.45. The van der Waals surface area contributed by atoms with Gasteiger partial charge >= 0.3 is 0 Å². The van der Waals surface area contributed by atoms with Crippen LogP contribution in [0.25, 0.3) is 16.4 Å². The van der Waals surface area contributed by atoms with Crippen LogP contribution in [0.3, 0.4) is 0 Å². The van der Waals surface area contributed by atoms with E-state index < -0.39 is 11.6 Å². The molecule has 0 fully saturated rings. The number of aromatic hydroxyl groups is 2. The van der Waals surface area contributed by atoms with Crippen molar-refractivity contribution in [2.24, 2.45) is 0 Å². The second kappa shape index (κ2) is 6.45. The van der Waals surface area contributed by atoms with Gasteiger partial charge in [-0.25, -0.2) is 0 Å². The molecule has 0 radical (unpaired) electrons. The molecule has 4 aromatic rings. The molecule has 0 atom stereocenters. The molecule has 26 heavy (non-hydrogen) atoms. The molecule has 0 unspecified atom stereocenters.